The van der Waals surface area contributed by atoms with E-state index in [0.29, 0.717) is 5.56 Å². The highest BCUT2D eigenvalue weighted by atomic mass is 16.3. The van der Waals surface area contributed by atoms with Crippen molar-refractivity contribution in [1.82, 2.24) is 5.32 Å². The zero-order chi connectivity index (χ0) is 15.8. The molecule has 0 atom stereocenters. The van der Waals surface area contributed by atoms with Gasteiger partial charge in [-0.2, -0.15) is 0 Å². The predicted octanol–water partition coefficient (Wildman–Crippen LogP) is 2.37. The van der Waals surface area contributed by atoms with Crippen molar-refractivity contribution in [2.45, 2.75) is 13.3 Å². The van der Waals surface area contributed by atoms with Gasteiger partial charge in [0.15, 0.2) is 0 Å². The molecule has 2 rings (SSSR count). The lowest BCUT2D eigenvalue weighted by Gasteiger charge is -2.09. The Hall–Kier alpha value is -2.33. The largest absolute Gasteiger partial charge is 0.395 e. The zero-order valence-corrected chi connectivity index (χ0v) is 12.8. The van der Waals surface area contributed by atoms with Crippen molar-refractivity contribution >= 4 is 11.6 Å². The fraction of sp³-hybridized carbons (Fsp3) is 0.278. The van der Waals surface area contributed by atoms with E-state index in [9.17, 15) is 4.79 Å². The van der Waals surface area contributed by atoms with Crippen LogP contribution < -0.4 is 10.6 Å². The molecule has 0 heterocycles. The second kappa shape index (κ2) is 8.20. The molecule has 116 valence electrons. The maximum atomic E-state index is 11.8. The summed E-state index contributed by atoms with van der Waals surface area (Å²) in [6.07, 6.45) is 0.932. The summed E-state index contributed by atoms with van der Waals surface area (Å²) in [6.45, 7) is 3.10. The highest BCUT2D eigenvalue weighted by molar-refractivity contribution is 5.95. The molecule has 0 aromatic heterocycles. The zero-order valence-electron chi connectivity index (χ0n) is 12.8. The molecule has 3 N–H and O–H groups in total. The molecule has 0 radical (unpaired) electrons. The molecular formula is C18H22N2O2. The van der Waals surface area contributed by atoms with Crippen molar-refractivity contribution in [3.63, 3.8) is 0 Å². The predicted molar refractivity (Wildman–Crippen MR) is 89.2 cm³/mol. The van der Waals surface area contributed by atoms with Gasteiger partial charge in [0.25, 0.3) is 5.91 Å². The standard InChI is InChI=1S/C18H22N2O2/c1-14-5-7-15(8-6-14)9-10-19-17-4-2-3-16(13-17)18(22)20-11-12-21/h2-8,13,19,21H,9-12H2,1H3,(H,20,22). The Morgan fingerprint density at radius 1 is 1.09 bits per heavy atom. The maximum absolute atomic E-state index is 11.8. The van der Waals surface area contributed by atoms with Crippen LogP contribution in [0, 0.1) is 6.92 Å². The smallest absolute Gasteiger partial charge is 0.251 e. The lowest BCUT2D eigenvalue weighted by molar-refractivity contribution is 0.0945. The number of rotatable bonds is 7. The van der Waals surface area contributed by atoms with Crippen LogP contribution in [0.5, 0.6) is 0 Å². The molecule has 0 spiro atoms. The van der Waals surface area contributed by atoms with Crippen LogP contribution in [0.25, 0.3) is 0 Å². The maximum Gasteiger partial charge on any atom is 0.251 e. The van der Waals surface area contributed by atoms with E-state index < -0.39 is 0 Å². The summed E-state index contributed by atoms with van der Waals surface area (Å²) in [5, 5.41) is 14.7. The van der Waals surface area contributed by atoms with Crippen LogP contribution in [0.2, 0.25) is 0 Å². The summed E-state index contributed by atoms with van der Waals surface area (Å²) in [6, 6.07) is 15.9. The summed E-state index contributed by atoms with van der Waals surface area (Å²) in [5.41, 5.74) is 4.06. The number of hydrogen-bond donors (Lipinski definition) is 3. The summed E-state index contributed by atoms with van der Waals surface area (Å²) in [7, 11) is 0. The quantitative estimate of drug-likeness (QED) is 0.735. The van der Waals surface area contributed by atoms with Gasteiger partial charge < -0.3 is 15.7 Å². The van der Waals surface area contributed by atoms with Gasteiger partial charge in [-0.3, -0.25) is 4.79 Å². The minimum Gasteiger partial charge on any atom is -0.395 e. The number of amides is 1. The first-order valence-electron chi connectivity index (χ1n) is 7.47. The van der Waals surface area contributed by atoms with Gasteiger partial charge in [0.05, 0.1) is 6.61 Å². The number of anilines is 1. The molecule has 0 aliphatic heterocycles. The number of aryl methyl sites for hydroxylation is 1. The fourth-order valence-electron chi connectivity index (χ4n) is 2.15. The van der Waals surface area contributed by atoms with Crippen molar-refractivity contribution in [2.75, 3.05) is 25.0 Å². The van der Waals surface area contributed by atoms with Crippen molar-refractivity contribution in [2.24, 2.45) is 0 Å². The van der Waals surface area contributed by atoms with Crippen LogP contribution >= 0.6 is 0 Å². The van der Waals surface area contributed by atoms with Gasteiger partial charge in [-0.05, 0) is 37.1 Å². The van der Waals surface area contributed by atoms with Crippen LogP contribution in [0.15, 0.2) is 48.5 Å². The first-order valence-corrected chi connectivity index (χ1v) is 7.47. The van der Waals surface area contributed by atoms with E-state index >= 15 is 0 Å². The number of carbonyl (C=O) groups excluding carboxylic acids is 1. The summed E-state index contributed by atoms with van der Waals surface area (Å²) in [5.74, 6) is -0.170. The molecule has 0 aliphatic rings. The third-order valence-corrected chi connectivity index (χ3v) is 3.39. The first-order chi connectivity index (χ1) is 10.7. The van der Waals surface area contributed by atoms with Crippen LogP contribution in [-0.4, -0.2) is 30.7 Å². The first kappa shape index (κ1) is 16.0. The number of aliphatic hydroxyl groups excluding tert-OH is 1. The van der Waals surface area contributed by atoms with E-state index in [0.717, 1.165) is 18.7 Å². The van der Waals surface area contributed by atoms with Gasteiger partial charge in [-0.15, -0.1) is 0 Å². The van der Waals surface area contributed by atoms with Crippen molar-refractivity contribution in [3.8, 4) is 0 Å². The van der Waals surface area contributed by atoms with E-state index in [1.807, 2.05) is 18.2 Å². The summed E-state index contributed by atoms with van der Waals surface area (Å²) in [4.78, 5) is 11.8. The summed E-state index contributed by atoms with van der Waals surface area (Å²) < 4.78 is 0. The van der Waals surface area contributed by atoms with E-state index in [1.165, 1.54) is 11.1 Å². The van der Waals surface area contributed by atoms with Gasteiger partial charge >= 0.3 is 0 Å². The second-order valence-electron chi connectivity index (χ2n) is 5.22. The molecule has 0 aliphatic carbocycles. The molecular weight excluding hydrogens is 276 g/mol. The lowest BCUT2D eigenvalue weighted by atomic mass is 10.1. The third kappa shape index (κ3) is 4.90. The van der Waals surface area contributed by atoms with Crippen LogP contribution in [0.4, 0.5) is 5.69 Å². The summed E-state index contributed by atoms with van der Waals surface area (Å²) >= 11 is 0. The topological polar surface area (TPSA) is 61.4 Å². The van der Waals surface area contributed by atoms with Gasteiger partial charge in [0, 0.05) is 24.3 Å². The Morgan fingerprint density at radius 2 is 1.86 bits per heavy atom. The Kier molecular flexibility index (Phi) is 5.98. The monoisotopic (exact) mass is 298 g/mol. The average molecular weight is 298 g/mol. The van der Waals surface area contributed by atoms with E-state index in [4.69, 9.17) is 5.11 Å². The molecule has 2 aromatic carbocycles. The lowest BCUT2D eigenvalue weighted by Crippen LogP contribution is -2.26. The Bertz CT molecular complexity index is 609. The fourth-order valence-corrected chi connectivity index (χ4v) is 2.15. The molecule has 0 unspecified atom stereocenters. The number of nitrogens with one attached hydrogen (secondary N) is 2. The average Bonchev–Trinajstić information content (AvgIpc) is 2.55. The molecule has 4 heteroatoms. The normalized spacial score (nSPS) is 10.3. The third-order valence-electron chi connectivity index (χ3n) is 3.39. The number of aliphatic hydroxyl groups is 1. The minimum absolute atomic E-state index is 0.0553. The second-order valence-corrected chi connectivity index (χ2v) is 5.22. The van der Waals surface area contributed by atoms with Crippen molar-refractivity contribution in [3.05, 3.63) is 65.2 Å². The molecule has 0 bridgehead atoms. The van der Waals surface area contributed by atoms with Crippen LogP contribution in [-0.2, 0) is 6.42 Å². The molecule has 22 heavy (non-hydrogen) atoms. The highest BCUT2D eigenvalue weighted by Crippen LogP contribution is 2.11. The molecule has 1 amide bonds. The highest BCUT2D eigenvalue weighted by Gasteiger charge is 2.05. The van der Waals surface area contributed by atoms with Gasteiger partial charge in [0.2, 0.25) is 0 Å². The Labute approximate surface area is 131 Å². The van der Waals surface area contributed by atoms with Crippen molar-refractivity contribution in [1.29, 1.82) is 0 Å². The Balaban J connectivity index is 1.87. The SMILES string of the molecule is Cc1ccc(CCNc2cccc(C(=O)NCCO)c2)cc1. The Morgan fingerprint density at radius 3 is 2.59 bits per heavy atom. The molecule has 0 saturated carbocycles. The number of hydrogen-bond acceptors (Lipinski definition) is 3. The molecule has 0 fully saturated rings. The van der Waals surface area contributed by atoms with Crippen molar-refractivity contribution < 1.29 is 9.90 Å². The van der Waals surface area contributed by atoms with Crippen LogP contribution in [0.1, 0.15) is 21.5 Å². The van der Waals surface area contributed by atoms with Crippen LogP contribution in [0.3, 0.4) is 0 Å². The van der Waals surface area contributed by atoms with Gasteiger partial charge in [0.1, 0.15) is 0 Å². The number of carbonyl (C=O) groups is 1. The molecule has 4 nitrogen and oxygen atoms in total. The molecule has 0 saturated heterocycles. The van der Waals surface area contributed by atoms with E-state index in [-0.39, 0.29) is 19.1 Å². The van der Waals surface area contributed by atoms with Gasteiger partial charge in [-0.1, -0.05) is 35.9 Å². The minimum atomic E-state index is -0.170. The van der Waals surface area contributed by atoms with Gasteiger partial charge in [-0.25, -0.2) is 0 Å². The number of benzene rings is 2. The van der Waals surface area contributed by atoms with E-state index in [2.05, 4.69) is 41.8 Å². The van der Waals surface area contributed by atoms with E-state index in [1.54, 1.807) is 6.07 Å². The molecule has 2 aromatic rings.